The Morgan fingerprint density at radius 1 is 0.538 bits per heavy atom. The van der Waals surface area contributed by atoms with Crippen LogP contribution in [-0.2, 0) is 0 Å². The van der Waals surface area contributed by atoms with Gasteiger partial charge < -0.3 is 0 Å². The van der Waals surface area contributed by atoms with Gasteiger partial charge >= 0.3 is 159 Å². The summed E-state index contributed by atoms with van der Waals surface area (Å²) in [6.07, 6.45) is 0. The Morgan fingerprint density at radius 3 is 1.12 bits per heavy atom. The molecule has 0 fully saturated rings. The Hall–Kier alpha value is -1.64. The van der Waals surface area contributed by atoms with Crippen molar-refractivity contribution in [2.24, 2.45) is 0 Å². The van der Waals surface area contributed by atoms with Crippen molar-refractivity contribution >= 4 is 32.9 Å². The van der Waals surface area contributed by atoms with Crippen LogP contribution in [0, 0.1) is 0 Å². The molecule has 0 aromatic heterocycles. The predicted molar refractivity (Wildman–Crippen MR) is 119 cm³/mol. The Kier molecular flexibility index (Phi) is 6.87. The summed E-state index contributed by atoms with van der Waals surface area (Å²) in [5.74, 6) is 1.50. The first-order valence-corrected chi connectivity index (χ1v) is 13.5. The van der Waals surface area contributed by atoms with Gasteiger partial charge in [-0.25, -0.2) is 0 Å². The molecule has 138 valence electrons. The summed E-state index contributed by atoms with van der Waals surface area (Å²) in [4.78, 5) is 0. The number of thiol groups is 1. The van der Waals surface area contributed by atoms with Crippen LogP contribution in [0.4, 0.5) is 0 Å². The second kappa shape index (κ2) is 9.34. The second-order valence-corrected chi connectivity index (χ2v) is 15.3. The summed E-state index contributed by atoms with van der Waals surface area (Å²) >= 11 is 0. The molecule has 3 rings (SSSR count). The SMILES string of the molecule is OCC[SH](CCO)[PH](c1ccccc1)(c1ccccc1)c1ccccc1. The fourth-order valence-corrected chi connectivity index (χ4v) is 16.5. The van der Waals surface area contributed by atoms with Gasteiger partial charge in [0.25, 0.3) is 0 Å². The first-order valence-electron chi connectivity index (χ1n) is 8.97. The monoisotopic (exact) mass is 386 g/mol. The Bertz CT molecular complexity index is 678. The van der Waals surface area contributed by atoms with E-state index in [0.717, 1.165) is 11.5 Å². The molecular weight excluding hydrogens is 359 g/mol. The van der Waals surface area contributed by atoms with E-state index in [9.17, 15) is 10.2 Å². The minimum atomic E-state index is -2.35. The molecule has 0 aliphatic heterocycles. The maximum absolute atomic E-state index is 9.82. The second-order valence-electron chi connectivity index (χ2n) is 6.24. The normalized spacial score (nSPS) is 12.6. The maximum atomic E-state index is 9.82. The molecule has 0 spiro atoms. The third kappa shape index (κ3) is 3.72. The fraction of sp³-hybridized carbons (Fsp3) is 0.182. The first-order chi connectivity index (χ1) is 12.8. The molecule has 0 unspecified atom stereocenters. The van der Waals surface area contributed by atoms with Crippen LogP contribution >= 0.6 is 17.0 Å². The van der Waals surface area contributed by atoms with Gasteiger partial charge in [-0.05, 0) is 0 Å². The van der Waals surface area contributed by atoms with Crippen molar-refractivity contribution in [3.63, 3.8) is 0 Å². The Labute approximate surface area is 159 Å². The number of benzene rings is 3. The molecule has 0 atom stereocenters. The zero-order valence-electron chi connectivity index (χ0n) is 14.8. The van der Waals surface area contributed by atoms with Gasteiger partial charge in [0, 0.05) is 0 Å². The molecule has 26 heavy (non-hydrogen) atoms. The molecule has 3 aromatic carbocycles. The minimum absolute atomic E-state index is 0.160. The van der Waals surface area contributed by atoms with Gasteiger partial charge in [-0.2, -0.15) is 0 Å². The van der Waals surface area contributed by atoms with Gasteiger partial charge in [0.05, 0.1) is 0 Å². The molecule has 4 heteroatoms. The molecule has 0 saturated heterocycles. The van der Waals surface area contributed by atoms with Crippen molar-refractivity contribution in [1.82, 2.24) is 0 Å². The average Bonchev–Trinajstić information content (AvgIpc) is 2.71. The van der Waals surface area contributed by atoms with Crippen LogP contribution < -0.4 is 15.9 Å². The topological polar surface area (TPSA) is 40.5 Å². The summed E-state index contributed by atoms with van der Waals surface area (Å²) in [5.41, 5.74) is 0. The number of hydrogen-bond donors (Lipinski definition) is 3. The van der Waals surface area contributed by atoms with Crippen LogP contribution in [0.2, 0.25) is 0 Å². The Morgan fingerprint density at radius 2 is 0.846 bits per heavy atom. The molecule has 0 aliphatic rings. The van der Waals surface area contributed by atoms with Gasteiger partial charge in [-0.1, -0.05) is 0 Å². The van der Waals surface area contributed by atoms with Gasteiger partial charge in [-0.15, -0.1) is 0 Å². The molecule has 0 amide bonds. The fourth-order valence-electron chi connectivity index (χ4n) is 3.77. The molecule has 0 bridgehead atoms. The van der Waals surface area contributed by atoms with Crippen molar-refractivity contribution in [1.29, 1.82) is 0 Å². The molecule has 0 aliphatic carbocycles. The van der Waals surface area contributed by atoms with Crippen LogP contribution in [0.15, 0.2) is 91.0 Å². The standard InChI is InChI=1S/C22H27O2PS/c23-16-18-26(19-17-24)25(20-10-4-1-5-11-20,21-12-6-2-7-13-21)22-14-8-3-9-15-22/h1-15,23-26H,16-19H2. The molecular formula is C22H27O2PS. The average molecular weight is 386 g/mol. The van der Waals surface area contributed by atoms with E-state index in [4.69, 9.17) is 0 Å². The van der Waals surface area contributed by atoms with Gasteiger partial charge in [0.1, 0.15) is 0 Å². The molecule has 0 radical (unpaired) electrons. The van der Waals surface area contributed by atoms with Gasteiger partial charge in [0.2, 0.25) is 0 Å². The van der Waals surface area contributed by atoms with E-state index in [2.05, 4.69) is 91.0 Å². The van der Waals surface area contributed by atoms with Crippen molar-refractivity contribution in [3.8, 4) is 0 Å². The van der Waals surface area contributed by atoms with Crippen LogP contribution in [0.3, 0.4) is 0 Å². The number of aliphatic hydroxyl groups is 2. The summed E-state index contributed by atoms with van der Waals surface area (Å²) in [6.45, 7) is -2.03. The van der Waals surface area contributed by atoms with Gasteiger partial charge in [0.15, 0.2) is 0 Å². The van der Waals surface area contributed by atoms with Crippen molar-refractivity contribution in [3.05, 3.63) is 91.0 Å². The molecule has 0 heterocycles. The van der Waals surface area contributed by atoms with Crippen LogP contribution in [0.1, 0.15) is 0 Å². The number of aliphatic hydroxyl groups excluding tert-OH is 2. The molecule has 2 nitrogen and oxygen atoms in total. The van der Waals surface area contributed by atoms with E-state index < -0.39 is 17.0 Å². The first kappa shape index (κ1) is 19.1. The quantitative estimate of drug-likeness (QED) is 0.411. The van der Waals surface area contributed by atoms with E-state index >= 15 is 0 Å². The summed E-state index contributed by atoms with van der Waals surface area (Å²) in [5, 5.41) is 23.7. The van der Waals surface area contributed by atoms with Crippen molar-refractivity contribution in [2.45, 2.75) is 0 Å². The zero-order chi connectivity index (χ0) is 18.2. The molecule has 2 N–H and O–H groups in total. The zero-order valence-corrected chi connectivity index (χ0v) is 16.7. The van der Waals surface area contributed by atoms with Crippen molar-refractivity contribution < 1.29 is 10.2 Å². The third-order valence-corrected chi connectivity index (χ3v) is 17.2. The number of rotatable bonds is 8. The van der Waals surface area contributed by atoms with Crippen LogP contribution in [0.25, 0.3) is 0 Å². The van der Waals surface area contributed by atoms with Crippen LogP contribution in [-0.4, -0.2) is 34.9 Å². The van der Waals surface area contributed by atoms with E-state index in [-0.39, 0.29) is 13.2 Å². The number of hydrogen-bond acceptors (Lipinski definition) is 2. The predicted octanol–water partition coefficient (Wildman–Crippen LogP) is 2.61. The van der Waals surface area contributed by atoms with Crippen molar-refractivity contribution in [2.75, 3.05) is 24.7 Å². The van der Waals surface area contributed by atoms with E-state index in [1.807, 2.05) is 0 Å². The molecule has 3 aromatic rings. The summed E-state index contributed by atoms with van der Waals surface area (Å²) < 4.78 is 0. The third-order valence-electron chi connectivity index (χ3n) is 4.79. The van der Waals surface area contributed by atoms with E-state index in [1.54, 1.807) is 0 Å². The van der Waals surface area contributed by atoms with Gasteiger partial charge in [-0.3, -0.25) is 0 Å². The summed E-state index contributed by atoms with van der Waals surface area (Å²) in [6, 6.07) is 32.2. The molecule has 0 saturated carbocycles. The Balaban J connectivity index is 2.34. The van der Waals surface area contributed by atoms with E-state index in [1.165, 1.54) is 15.9 Å². The summed E-state index contributed by atoms with van der Waals surface area (Å²) in [7, 11) is -0.599. The van der Waals surface area contributed by atoms with Crippen LogP contribution in [0.5, 0.6) is 0 Å². The van der Waals surface area contributed by atoms with E-state index in [0.29, 0.717) is 0 Å².